The average molecular weight is 211 g/mol. The number of hydrogen-bond donors (Lipinski definition) is 3. The molecule has 2 atom stereocenters. The number of rotatable bonds is 5. The number of thiol groups is 1. The van der Waals surface area contributed by atoms with Gasteiger partial charge in [0.25, 0.3) is 0 Å². The van der Waals surface area contributed by atoms with Crippen LogP contribution in [-0.4, -0.2) is 23.4 Å². The predicted molar refractivity (Wildman–Crippen MR) is 62.7 cm³/mol. The smallest absolute Gasteiger partial charge is 0.0940 e. The number of hydrogen-bond acceptors (Lipinski definition) is 3. The van der Waals surface area contributed by atoms with Gasteiger partial charge in [0.05, 0.1) is 6.10 Å². The number of benzene rings is 1. The summed E-state index contributed by atoms with van der Waals surface area (Å²) < 4.78 is 0. The van der Waals surface area contributed by atoms with E-state index in [0.29, 0.717) is 0 Å². The fourth-order valence-electron chi connectivity index (χ4n) is 1.34. The maximum absolute atomic E-state index is 9.93. The van der Waals surface area contributed by atoms with Crippen molar-refractivity contribution < 1.29 is 5.11 Å². The highest BCUT2D eigenvalue weighted by molar-refractivity contribution is 7.80. The zero-order valence-corrected chi connectivity index (χ0v) is 9.24. The van der Waals surface area contributed by atoms with Gasteiger partial charge in [-0.3, -0.25) is 0 Å². The van der Waals surface area contributed by atoms with Crippen LogP contribution in [0.3, 0.4) is 0 Å². The van der Waals surface area contributed by atoms with Crippen LogP contribution in [0.15, 0.2) is 30.3 Å². The summed E-state index contributed by atoms with van der Waals surface area (Å²) in [6, 6.07) is 9.74. The lowest BCUT2D eigenvalue weighted by atomic mass is 10.0. The summed E-state index contributed by atoms with van der Waals surface area (Å²) in [5.41, 5.74) is 0.951. The summed E-state index contributed by atoms with van der Waals surface area (Å²) in [7, 11) is 0. The molecule has 0 amide bonds. The van der Waals surface area contributed by atoms with Crippen molar-refractivity contribution in [3.63, 3.8) is 0 Å². The van der Waals surface area contributed by atoms with Crippen molar-refractivity contribution in [2.24, 2.45) is 0 Å². The van der Waals surface area contributed by atoms with Crippen molar-refractivity contribution in [3.05, 3.63) is 35.9 Å². The Kier molecular flexibility index (Phi) is 5.01. The molecule has 0 aliphatic carbocycles. The first kappa shape index (κ1) is 11.6. The van der Waals surface area contributed by atoms with Gasteiger partial charge in [-0.05, 0) is 12.5 Å². The van der Waals surface area contributed by atoms with Crippen LogP contribution in [0, 0.1) is 0 Å². The van der Waals surface area contributed by atoms with Gasteiger partial charge < -0.3 is 10.4 Å². The first-order chi connectivity index (χ1) is 6.75. The normalized spacial score (nSPS) is 15.1. The van der Waals surface area contributed by atoms with Gasteiger partial charge in [0.1, 0.15) is 0 Å². The van der Waals surface area contributed by atoms with E-state index in [4.69, 9.17) is 0 Å². The van der Waals surface area contributed by atoms with Gasteiger partial charge >= 0.3 is 0 Å². The fraction of sp³-hybridized carbons (Fsp3) is 0.455. The van der Waals surface area contributed by atoms with Crippen LogP contribution in [0.5, 0.6) is 0 Å². The minimum atomic E-state index is -0.448. The quantitative estimate of drug-likeness (QED) is 0.647. The highest BCUT2D eigenvalue weighted by atomic mass is 32.1. The summed E-state index contributed by atoms with van der Waals surface area (Å²) in [5, 5.41) is 13.1. The molecule has 0 aliphatic rings. The average Bonchev–Trinajstić information content (AvgIpc) is 2.26. The van der Waals surface area contributed by atoms with E-state index in [1.807, 2.05) is 37.3 Å². The second kappa shape index (κ2) is 6.06. The molecule has 1 aromatic carbocycles. The Hall–Kier alpha value is -0.510. The number of nitrogens with one attached hydrogen (secondary N) is 1. The summed E-state index contributed by atoms with van der Waals surface area (Å²) in [4.78, 5) is 0. The van der Waals surface area contributed by atoms with Gasteiger partial charge in [0.2, 0.25) is 0 Å². The molecule has 3 heteroatoms. The van der Waals surface area contributed by atoms with Crippen molar-refractivity contribution in [1.82, 2.24) is 5.32 Å². The molecule has 1 aromatic rings. The van der Waals surface area contributed by atoms with Crippen LogP contribution < -0.4 is 5.32 Å². The third-order valence-corrected chi connectivity index (χ3v) is 2.42. The first-order valence-electron chi connectivity index (χ1n) is 4.83. The first-order valence-corrected chi connectivity index (χ1v) is 5.46. The van der Waals surface area contributed by atoms with Crippen molar-refractivity contribution in [3.8, 4) is 0 Å². The summed E-state index contributed by atoms with van der Waals surface area (Å²) in [5.74, 6) is 0.784. The van der Waals surface area contributed by atoms with E-state index in [2.05, 4.69) is 17.9 Å². The Bertz CT molecular complexity index is 253. The number of aliphatic hydroxyl groups is 1. The molecule has 1 rings (SSSR count). The molecule has 0 saturated carbocycles. The van der Waals surface area contributed by atoms with E-state index >= 15 is 0 Å². The van der Waals surface area contributed by atoms with Gasteiger partial charge in [0.15, 0.2) is 0 Å². The maximum Gasteiger partial charge on any atom is 0.0940 e. The summed E-state index contributed by atoms with van der Waals surface area (Å²) in [6.07, 6.45) is -0.448. The molecule has 2 unspecified atom stereocenters. The Morgan fingerprint density at radius 2 is 2.00 bits per heavy atom. The molecule has 0 radical (unpaired) electrons. The monoisotopic (exact) mass is 211 g/mol. The van der Waals surface area contributed by atoms with Gasteiger partial charge in [-0.1, -0.05) is 30.3 Å². The van der Waals surface area contributed by atoms with Crippen LogP contribution in [-0.2, 0) is 0 Å². The molecule has 14 heavy (non-hydrogen) atoms. The van der Waals surface area contributed by atoms with Crippen LogP contribution in [0.25, 0.3) is 0 Å². The topological polar surface area (TPSA) is 32.3 Å². The standard InChI is InChI=1S/C11H17NOS/c1-9(12-7-8-14)11(13)10-5-3-2-4-6-10/h2-6,9,11-14H,7-8H2,1H3. The van der Waals surface area contributed by atoms with E-state index in [0.717, 1.165) is 17.9 Å². The molecule has 2 nitrogen and oxygen atoms in total. The van der Waals surface area contributed by atoms with Crippen LogP contribution in [0.1, 0.15) is 18.6 Å². The number of aliphatic hydroxyl groups excluding tert-OH is 1. The minimum Gasteiger partial charge on any atom is -0.387 e. The summed E-state index contributed by atoms with van der Waals surface area (Å²) in [6.45, 7) is 2.79. The zero-order chi connectivity index (χ0) is 10.4. The third kappa shape index (κ3) is 3.33. The molecule has 0 aliphatic heterocycles. The third-order valence-electron chi connectivity index (χ3n) is 2.19. The molecule has 2 N–H and O–H groups in total. The lowest BCUT2D eigenvalue weighted by molar-refractivity contribution is 0.137. The van der Waals surface area contributed by atoms with E-state index in [1.165, 1.54) is 0 Å². The lowest BCUT2D eigenvalue weighted by Gasteiger charge is -2.20. The van der Waals surface area contributed by atoms with E-state index in [1.54, 1.807) is 0 Å². The van der Waals surface area contributed by atoms with Crippen molar-refractivity contribution in [2.75, 3.05) is 12.3 Å². The molecular weight excluding hydrogens is 194 g/mol. The Balaban J connectivity index is 2.52. The van der Waals surface area contributed by atoms with Gasteiger partial charge in [-0.25, -0.2) is 0 Å². The highest BCUT2D eigenvalue weighted by Gasteiger charge is 2.14. The van der Waals surface area contributed by atoms with E-state index in [-0.39, 0.29) is 6.04 Å². The Morgan fingerprint density at radius 3 is 2.57 bits per heavy atom. The van der Waals surface area contributed by atoms with Crippen LogP contribution in [0.4, 0.5) is 0 Å². The summed E-state index contributed by atoms with van der Waals surface area (Å²) >= 11 is 4.11. The SMILES string of the molecule is CC(NCCS)C(O)c1ccccc1. The maximum atomic E-state index is 9.93. The molecule has 0 aromatic heterocycles. The fourth-order valence-corrected chi connectivity index (χ4v) is 1.47. The van der Waals surface area contributed by atoms with Gasteiger partial charge in [-0.15, -0.1) is 0 Å². The van der Waals surface area contributed by atoms with Gasteiger partial charge in [-0.2, -0.15) is 12.6 Å². The van der Waals surface area contributed by atoms with Crippen molar-refractivity contribution in [2.45, 2.75) is 19.1 Å². The van der Waals surface area contributed by atoms with Gasteiger partial charge in [0, 0.05) is 18.3 Å². The van der Waals surface area contributed by atoms with E-state index < -0.39 is 6.10 Å². The molecular formula is C11H17NOS. The highest BCUT2D eigenvalue weighted by Crippen LogP contribution is 2.15. The van der Waals surface area contributed by atoms with Crippen molar-refractivity contribution >= 4 is 12.6 Å². The molecule has 0 spiro atoms. The molecule has 0 fully saturated rings. The molecule has 0 bridgehead atoms. The second-order valence-electron chi connectivity index (χ2n) is 3.32. The molecule has 78 valence electrons. The Labute approximate surface area is 90.8 Å². The van der Waals surface area contributed by atoms with Crippen molar-refractivity contribution in [1.29, 1.82) is 0 Å². The zero-order valence-electron chi connectivity index (χ0n) is 8.35. The van der Waals surface area contributed by atoms with Crippen LogP contribution in [0.2, 0.25) is 0 Å². The Morgan fingerprint density at radius 1 is 1.36 bits per heavy atom. The van der Waals surface area contributed by atoms with Crippen LogP contribution >= 0.6 is 12.6 Å². The van der Waals surface area contributed by atoms with E-state index in [9.17, 15) is 5.11 Å². The lowest BCUT2D eigenvalue weighted by Crippen LogP contribution is -2.33. The minimum absolute atomic E-state index is 0.0598. The molecule has 0 saturated heterocycles. The molecule has 0 heterocycles. The predicted octanol–water partition coefficient (Wildman–Crippen LogP) is 1.63. The second-order valence-corrected chi connectivity index (χ2v) is 3.77. The largest absolute Gasteiger partial charge is 0.387 e.